The van der Waals surface area contributed by atoms with Gasteiger partial charge < -0.3 is 16.2 Å². The number of hydrogen-bond donors (Lipinski definition) is 3. The van der Waals surface area contributed by atoms with Crippen molar-refractivity contribution < 1.29 is 9.90 Å². The quantitative estimate of drug-likeness (QED) is 0.353. The van der Waals surface area contributed by atoms with Gasteiger partial charge in [-0.05, 0) is 43.5 Å². The number of hydrogen-bond acceptors (Lipinski definition) is 6. The van der Waals surface area contributed by atoms with E-state index >= 15 is 0 Å². The second kappa shape index (κ2) is 13.2. The second-order valence-electron chi connectivity index (χ2n) is 8.07. The molecule has 2 aromatic carbocycles. The summed E-state index contributed by atoms with van der Waals surface area (Å²) in [6.07, 6.45) is 6.92. The minimum Gasteiger partial charge on any atom is -0.398 e. The average Bonchev–Trinajstić information content (AvgIpc) is 3.51. The van der Waals surface area contributed by atoms with Crippen LogP contribution < -0.4 is 11.1 Å². The predicted molar refractivity (Wildman–Crippen MR) is 138 cm³/mol. The predicted octanol–water partition coefficient (Wildman–Crippen LogP) is 3.47. The Kier molecular flexibility index (Phi) is 9.76. The maximum atomic E-state index is 11.0. The SMILES string of the molecule is Cc1c(-c2ccccc2)c(C=O)nn1CCO.N/C(=C\C=NC[C@@H]1CCCN1)c1ccccc1. The van der Waals surface area contributed by atoms with Crippen LogP contribution in [0.25, 0.3) is 16.8 Å². The van der Waals surface area contributed by atoms with Crippen molar-refractivity contribution in [1.29, 1.82) is 0 Å². The monoisotopic (exact) mass is 459 g/mol. The van der Waals surface area contributed by atoms with Crippen LogP contribution in [0.1, 0.15) is 34.6 Å². The molecule has 0 spiro atoms. The van der Waals surface area contributed by atoms with Crippen LogP contribution in [-0.2, 0) is 6.54 Å². The van der Waals surface area contributed by atoms with Gasteiger partial charge in [0, 0.05) is 29.2 Å². The summed E-state index contributed by atoms with van der Waals surface area (Å²) < 4.78 is 1.66. The standard InChI is InChI=1S/C14H19N3.C13H14N2O2/c15-14(12-5-2-1-3-6-12)8-10-16-11-13-7-4-9-17-13;1-10-13(11-5-3-2-4-6-11)12(9-17)14-15(10)7-8-16/h1-3,5-6,8,10,13,17H,4,7,9,11,15H2;2-6,9,16H,7-8H2,1H3/b14-8-,16-10?;/t13-;/m0./s1. The molecule has 3 aromatic rings. The normalized spacial score (nSPS) is 15.8. The van der Waals surface area contributed by atoms with E-state index in [2.05, 4.69) is 15.4 Å². The second-order valence-corrected chi connectivity index (χ2v) is 8.07. The number of allylic oxidation sites excluding steroid dienone is 1. The summed E-state index contributed by atoms with van der Waals surface area (Å²) in [6.45, 7) is 4.29. The number of rotatable bonds is 8. The van der Waals surface area contributed by atoms with Crippen molar-refractivity contribution in [2.45, 2.75) is 32.4 Å². The molecule has 7 heteroatoms. The van der Waals surface area contributed by atoms with Gasteiger partial charge in [-0.1, -0.05) is 60.7 Å². The van der Waals surface area contributed by atoms with Gasteiger partial charge in [0.1, 0.15) is 5.69 Å². The zero-order chi connectivity index (χ0) is 24.2. The van der Waals surface area contributed by atoms with Crippen LogP contribution in [-0.4, -0.2) is 53.1 Å². The summed E-state index contributed by atoms with van der Waals surface area (Å²) in [4.78, 5) is 15.4. The molecular formula is C27H33N5O2. The summed E-state index contributed by atoms with van der Waals surface area (Å²) in [5.74, 6) is 0. The van der Waals surface area contributed by atoms with Crippen molar-refractivity contribution in [3.8, 4) is 11.1 Å². The number of carbonyl (C=O) groups is 1. The molecule has 1 aliphatic heterocycles. The van der Waals surface area contributed by atoms with Crippen LogP contribution in [0.3, 0.4) is 0 Å². The van der Waals surface area contributed by atoms with E-state index in [4.69, 9.17) is 10.8 Å². The van der Waals surface area contributed by atoms with Gasteiger partial charge in [-0.2, -0.15) is 5.10 Å². The van der Waals surface area contributed by atoms with Crippen molar-refractivity contribution >= 4 is 18.2 Å². The smallest absolute Gasteiger partial charge is 0.170 e. The first-order chi connectivity index (χ1) is 16.6. The lowest BCUT2D eigenvalue weighted by Crippen LogP contribution is -2.24. The number of aromatic nitrogens is 2. The molecule has 0 aliphatic carbocycles. The third-order valence-electron chi connectivity index (χ3n) is 5.67. The number of carbonyl (C=O) groups excluding carboxylic acids is 1. The van der Waals surface area contributed by atoms with Crippen molar-refractivity contribution in [3.63, 3.8) is 0 Å². The number of nitrogens with two attached hydrogens (primary N) is 1. The Morgan fingerprint density at radius 2 is 1.91 bits per heavy atom. The topological polar surface area (TPSA) is 106 Å². The molecule has 0 saturated carbocycles. The Balaban J connectivity index is 0.000000191. The molecule has 34 heavy (non-hydrogen) atoms. The molecule has 0 unspecified atom stereocenters. The average molecular weight is 460 g/mol. The molecule has 7 nitrogen and oxygen atoms in total. The van der Waals surface area contributed by atoms with Crippen LogP contribution in [0, 0.1) is 6.92 Å². The molecule has 0 amide bonds. The minimum absolute atomic E-state index is 0.00898. The fourth-order valence-electron chi connectivity index (χ4n) is 3.89. The van der Waals surface area contributed by atoms with Gasteiger partial charge in [-0.3, -0.25) is 14.5 Å². The Hall–Kier alpha value is -3.55. The van der Waals surface area contributed by atoms with Gasteiger partial charge >= 0.3 is 0 Å². The van der Waals surface area contributed by atoms with Gasteiger partial charge in [0.2, 0.25) is 0 Å². The van der Waals surface area contributed by atoms with E-state index in [1.54, 1.807) is 4.68 Å². The highest BCUT2D eigenvalue weighted by atomic mass is 16.3. The van der Waals surface area contributed by atoms with Gasteiger partial charge in [0.05, 0.1) is 19.7 Å². The van der Waals surface area contributed by atoms with Crippen molar-refractivity contribution in [2.24, 2.45) is 10.7 Å². The third kappa shape index (κ3) is 6.97. The van der Waals surface area contributed by atoms with Gasteiger partial charge in [0.25, 0.3) is 0 Å². The van der Waals surface area contributed by atoms with E-state index in [1.165, 1.54) is 12.8 Å². The molecular weight excluding hydrogens is 426 g/mol. The van der Waals surface area contributed by atoms with Gasteiger partial charge in [-0.25, -0.2) is 0 Å². The highest BCUT2D eigenvalue weighted by Crippen LogP contribution is 2.26. The summed E-state index contributed by atoms with van der Waals surface area (Å²) >= 11 is 0. The summed E-state index contributed by atoms with van der Waals surface area (Å²) in [7, 11) is 0. The number of benzene rings is 2. The Bertz CT molecular complexity index is 1080. The van der Waals surface area contributed by atoms with E-state index < -0.39 is 0 Å². The van der Waals surface area contributed by atoms with Crippen LogP contribution in [0.2, 0.25) is 0 Å². The molecule has 1 aromatic heterocycles. The fourth-order valence-corrected chi connectivity index (χ4v) is 3.89. The van der Waals surface area contributed by atoms with E-state index in [0.717, 1.165) is 47.5 Å². The number of nitrogens with zero attached hydrogens (tertiary/aromatic N) is 3. The van der Waals surface area contributed by atoms with Crippen LogP contribution in [0.4, 0.5) is 0 Å². The van der Waals surface area contributed by atoms with Crippen LogP contribution >= 0.6 is 0 Å². The highest BCUT2D eigenvalue weighted by molar-refractivity contribution is 5.86. The molecule has 1 fully saturated rings. The Labute approximate surface area is 201 Å². The van der Waals surface area contributed by atoms with E-state index in [0.29, 0.717) is 18.3 Å². The molecule has 1 saturated heterocycles. The lowest BCUT2D eigenvalue weighted by atomic mass is 10.0. The third-order valence-corrected chi connectivity index (χ3v) is 5.67. The molecule has 178 valence electrons. The largest absolute Gasteiger partial charge is 0.398 e. The molecule has 1 aliphatic rings. The Morgan fingerprint density at radius 1 is 1.21 bits per heavy atom. The summed E-state index contributed by atoms with van der Waals surface area (Å²) in [5.41, 5.74) is 10.9. The molecule has 4 N–H and O–H groups in total. The molecule has 1 atom stereocenters. The highest BCUT2D eigenvalue weighted by Gasteiger charge is 2.15. The van der Waals surface area contributed by atoms with Crippen LogP contribution in [0.5, 0.6) is 0 Å². The summed E-state index contributed by atoms with van der Waals surface area (Å²) in [5, 5.41) is 16.5. The molecule has 0 bridgehead atoms. The van der Waals surface area contributed by atoms with Crippen molar-refractivity contribution in [1.82, 2.24) is 15.1 Å². The van der Waals surface area contributed by atoms with E-state index in [-0.39, 0.29) is 6.61 Å². The maximum Gasteiger partial charge on any atom is 0.170 e. The van der Waals surface area contributed by atoms with Crippen molar-refractivity contribution in [2.75, 3.05) is 19.7 Å². The van der Waals surface area contributed by atoms with Gasteiger partial charge in [-0.15, -0.1) is 0 Å². The molecule has 2 heterocycles. The van der Waals surface area contributed by atoms with E-state index in [1.807, 2.05) is 79.9 Å². The first kappa shape index (κ1) is 25.1. The van der Waals surface area contributed by atoms with Gasteiger partial charge in [0.15, 0.2) is 6.29 Å². The fraction of sp³-hybridized carbons (Fsp3) is 0.296. The zero-order valence-electron chi connectivity index (χ0n) is 19.6. The van der Waals surface area contributed by atoms with E-state index in [9.17, 15) is 4.79 Å². The lowest BCUT2D eigenvalue weighted by molar-refractivity contribution is 0.111. The minimum atomic E-state index is 0.00898. The molecule has 4 rings (SSSR count). The zero-order valence-corrected chi connectivity index (χ0v) is 19.6. The number of aldehydes is 1. The Morgan fingerprint density at radius 3 is 2.53 bits per heavy atom. The first-order valence-corrected chi connectivity index (χ1v) is 11.6. The van der Waals surface area contributed by atoms with Crippen molar-refractivity contribution in [3.05, 3.63) is 83.7 Å². The first-order valence-electron chi connectivity index (χ1n) is 11.6. The number of aliphatic hydroxyl groups excluding tert-OH is 1. The number of aliphatic imine (C=N–C) groups is 1. The lowest BCUT2D eigenvalue weighted by Gasteiger charge is -2.04. The maximum absolute atomic E-state index is 11.0. The number of nitrogens with one attached hydrogen (secondary N) is 1. The van der Waals surface area contributed by atoms with Crippen LogP contribution in [0.15, 0.2) is 71.7 Å². The number of aliphatic hydroxyl groups is 1. The molecule has 0 radical (unpaired) electrons. The summed E-state index contributed by atoms with van der Waals surface area (Å²) in [6, 6.07) is 20.2.